The van der Waals surface area contributed by atoms with E-state index in [1.807, 2.05) is 0 Å². The fourth-order valence-electron chi connectivity index (χ4n) is 1.56. The summed E-state index contributed by atoms with van der Waals surface area (Å²) < 4.78 is 27.3. The van der Waals surface area contributed by atoms with Gasteiger partial charge in [0, 0.05) is 24.1 Å². The number of nitro benzene ring substituents is 1. The van der Waals surface area contributed by atoms with E-state index >= 15 is 0 Å². The van der Waals surface area contributed by atoms with Crippen LogP contribution in [0.5, 0.6) is 0 Å². The summed E-state index contributed by atoms with van der Waals surface area (Å²) in [5.41, 5.74) is 5.18. The Morgan fingerprint density at radius 1 is 1.33 bits per heavy atom. The quantitative estimate of drug-likeness (QED) is 0.480. The molecule has 21 heavy (non-hydrogen) atoms. The van der Waals surface area contributed by atoms with Crippen molar-refractivity contribution in [2.75, 3.05) is 10.5 Å². The van der Waals surface area contributed by atoms with E-state index < -0.39 is 25.5 Å². The van der Waals surface area contributed by atoms with Gasteiger partial charge in [0.25, 0.3) is 15.7 Å². The topological polar surface area (TPSA) is 128 Å². The van der Waals surface area contributed by atoms with Crippen LogP contribution in [-0.2, 0) is 10.0 Å². The van der Waals surface area contributed by atoms with E-state index in [9.17, 15) is 18.5 Å². The first kappa shape index (κ1) is 15.2. The van der Waals surface area contributed by atoms with Crippen molar-refractivity contribution in [3.05, 3.63) is 51.2 Å². The van der Waals surface area contributed by atoms with Crippen LogP contribution in [0.4, 0.5) is 17.1 Å². The number of benzene rings is 1. The fourth-order valence-corrected chi connectivity index (χ4v) is 3.28. The Kier molecular flexibility index (Phi) is 4.09. The van der Waals surface area contributed by atoms with Crippen LogP contribution in [0.15, 0.2) is 46.0 Å². The van der Waals surface area contributed by atoms with Gasteiger partial charge in [0.1, 0.15) is 0 Å². The summed E-state index contributed by atoms with van der Waals surface area (Å²) in [7, 11) is -4.13. The summed E-state index contributed by atoms with van der Waals surface area (Å²) in [4.78, 5) is 13.5. The molecule has 0 fully saturated rings. The molecule has 3 N–H and O–H groups in total. The van der Waals surface area contributed by atoms with Crippen molar-refractivity contribution in [1.29, 1.82) is 0 Å². The monoisotopic (exact) mass is 372 g/mol. The molecule has 0 atom stereocenters. The molecule has 10 heteroatoms. The largest absolute Gasteiger partial charge is 0.399 e. The maximum atomic E-state index is 12.3. The van der Waals surface area contributed by atoms with Gasteiger partial charge in [0.15, 0.2) is 4.90 Å². The number of nitro groups is 1. The van der Waals surface area contributed by atoms with Gasteiger partial charge in [0.2, 0.25) is 0 Å². The summed E-state index contributed by atoms with van der Waals surface area (Å²) in [5.74, 6) is 0. The van der Waals surface area contributed by atoms with Crippen molar-refractivity contribution < 1.29 is 13.3 Å². The highest BCUT2D eigenvalue weighted by atomic mass is 79.9. The third kappa shape index (κ3) is 3.28. The van der Waals surface area contributed by atoms with Crippen LogP contribution in [0.25, 0.3) is 0 Å². The van der Waals surface area contributed by atoms with Crippen LogP contribution in [0.2, 0.25) is 0 Å². The Morgan fingerprint density at radius 3 is 2.67 bits per heavy atom. The van der Waals surface area contributed by atoms with E-state index in [1.165, 1.54) is 24.5 Å². The molecule has 0 radical (unpaired) electrons. The summed E-state index contributed by atoms with van der Waals surface area (Å²) >= 11 is 3.14. The van der Waals surface area contributed by atoms with E-state index in [0.29, 0.717) is 4.47 Å². The third-order valence-corrected chi connectivity index (χ3v) is 4.53. The lowest BCUT2D eigenvalue weighted by Gasteiger charge is -2.10. The van der Waals surface area contributed by atoms with E-state index in [-0.39, 0.29) is 11.4 Å². The average Bonchev–Trinajstić information content (AvgIpc) is 2.40. The van der Waals surface area contributed by atoms with E-state index in [4.69, 9.17) is 5.73 Å². The molecule has 110 valence electrons. The maximum Gasteiger partial charge on any atom is 0.291 e. The molecule has 8 nitrogen and oxygen atoms in total. The maximum absolute atomic E-state index is 12.3. The molecule has 0 bridgehead atoms. The van der Waals surface area contributed by atoms with Crippen LogP contribution >= 0.6 is 15.9 Å². The van der Waals surface area contributed by atoms with Gasteiger partial charge in [-0.15, -0.1) is 0 Å². The van der Waals surface area contributed by atoms with Gasteiger partial charge in [-0.2, -0.15) is 0 Å². The molecule has 0 saturated carbocycles. The zero-order valence-electron chi connectivity index (χ0n) is 10.4. The second kappa shape index (κ2) is 5.66. The molecular weight excluding hydrogens is 364 g/mol. The van der Waals surface area contributed by atoms with Crippen molar-refractivity contribution >= 4 is 43.0 Å². The Hall–Kier alpha value is -2.20. The normalized spacial score (nSPS) is 11.1. The summed E-state index contributed by atoms with van der Waals surface area (Å²) in [6, 6.07) is 4.79. The standard InChI is InChI=1S/C11H9BrN4O4S/c12-8-6-14-4-3-9(8)15-21(19,20)11-2-1-7(13)5-10(11)16(17)18/h1-6H,13H2,(H,14,15). The first-order valence-electron chi connectivity index (χ1n) is 5.47. The molecule has 1 heterocycles. The highest BCUT2D eigenvalue weighted by Gasteiger charge is 2.26. The molecule has 1 aromatic heterocycles. The second-order valence-electron chi connectivity index (χ2n) is 3.95. The van der Waals surface area contributed by atoms with Gasteiger partial charge in [-0.1, -0.05) is 0 Å². The minimum Gasteiger partial charge on any atom is -0.399 e. The summed E-state index contributed by atoms with van der Waals surface area (Å²) in [6.45, 7) is 0. The number of anilines is 2. The van der Waals surface area contributed by atoms with Crippen molar-refractivity contribution in [3.63, 3.8) is 0 Å². The minimum atomic E-state index is -4.13. The number of rotatable bonds is 4. The number of nitrogen functional groups attached to an aromatic ring is 1. The molecule has 2 aromatic rings. The van der Waals surface area contributed by atoms with Gasteiger partial charge in [-0.3, -0.25) is 19.8 Å². The first-order valence-corrected chi connectivity index (χ1v) is 7.75. The zero-order chi connectivity index (χ0) is 15.6. The number of hydrogen-bond donors (Lipinski definition) is 2. The van der Waals surface area contributed by atoms with Gasteiger partial charge < -0.3 is 5.73 Å². The lowest BCUT2D eigenvalue weighted by Crippen LogP contribution is -2.15. The average molecular weight is 373 g/mol. The van der Waals surface area contributed by atoms with Gasteiger partial charge in [-0.05, 0) is 34.1 Å². The van der Waals surface area contributed by atoms with Crippen molar-refractivity contribution in [3.8, 4) is 0 Å². The number of pyridine rings is 1. The highest BCUT2D eigenvalue weighted by molar-refractivity contribution is 9.10. The summed E-state index contributed by atoms with van der Waals surface area (Å²) in [5, 5.41) is 11.0. The zero-order valence-corrected chi connectivity index (χ0v) is 12.8. The fraction of sp³-hybridized carbons (Fsp3) is 0. The van der Waals surface area contributed by atoms with Crippen LogP contribution < -0.4 is 10.5 Å². The molecule has 0 aliphatic carbocycles. The lowest BCUT2D eigenvalue weighted by molar-refractivity contribution is -0.387. The molecule has 2 rings (SSSR count). The van der Waals surface area contributed by atoms with Gasteiger partial charge in [0.05, 0.1) is 15.1 Å². The Balaban J connectivity index is 2.50. The second-order valence-corrected chi connectivity index (χ2v) is 6.45. The molecule has 0 amide bonds. The number of nitrogens with two attached hydrogens (primary N) is 1. The van der Waals surface area contributed by atoms with Crippen molar-refractivity contribution in [2.24, 2.45) is 0 Å². The molecule has 0 aliphatic rings. The van der Waals surface area contributed by atoms with E-state index in [1.54, 1.807) is 0 Å². The van der Waals surface area contributed by atoms with Gasteiger partial charge in [-0.25, -0.2) is 8.42 Å². The smallest absolute Gasteiger partial charge is 0.291 e. The summed E-state index contributed by atoms with van der Waals surface area (Å²) in [6.07, 6.45) is 2.79. The highest BCUT2D eigenvalue weighted by Crippen LogP contribution is 2.29. The lowest BCUT2D eigenvalue weighted by atomic mass is 10.3. The van der Waals surface area contributed by atoms with Crippen LogP contribution in [0.3, 0.4) is 0 Å². The SMILES string of the molecule is Nc1ccc(S(=O)(=O)Nc2ccncc2Br)c([N+](=O)[O-])c1. The Morgan fingerprint density at radius 2 is 2.05 bits per heavy atom. The molecule has 0 unspecified atom stereocenters. The number of nitrogens with zero attached hydrogens (tertiary/aromatic N) is 2. The number of aromatic nitrogens is 1. The third-order valence-electron chi connectivity index (χ3n) is 2.49. The Bertz CT molecular complexity index is 810. The molecule has 0 aliphatic heterocycles. The van der Waals surface area contributed by atoms with Crippen LogP contribution in [0, 0.1) is 10.1 Å². The predicted octanol–water partition coefficient (Wildman–Crippen LogP) is 2.14. The van der Waals surface area contributed by atoms with Crippen molar-refractivity contribution in [2.45, 2.75) is 4.90 Å². The van der Waals surface area contributed by atoms with Gasteiger partial charge >= 0.3 is 0 Å². The molecule has 0 saturated heterocycles. The number of hydrogen-bond acceptors (Lipinski definition) is 6. The van der Waals surface area contributed by atoms with Crippen LogP contribution in [-0.4, -0.2) is 18.3 Å². The molecule has 1 aromatic carbocycles. The minimum absolute atomic E-state index is 0.103. The number of sulfonamides is 1. The van der Waals surface area contributed by atoms with Crippen LogP contribution in [0.1, 0.15) is 0 Å². The predicted molar refractivity (Wildman–Crippen MR) is 80.3 cm³/mol. The number of nitrogens with one attached hydrogen (secondary N) is 1. The number of halogens is 1. The van der Waals surface area contributed by atoms with E-state index in [0.717, 1.165) is 12.1 Å². The Labute approximate surface area is 128 Å². The first-order chi connectivity index (χ1) is 9.81. The molecule has 0 spiro atoms. The molecular formula is C11H9BrN4O4S. The van der Waals surface area contributed by atoms with E-state index in [2.05, 4.69) is 25.6 Å². The van der Waals surface area contributed by atoms with Crippen molar-refractivity contribution in [1.82, 2.24) is 4.98 Å².